The van der Waals surface area contributed by atoms with Gasteiger partial charge in [0.2, 0.25) is 0 Å². The van der Waals surface area contributed by atoms with Crippen molar-refractivity contribution in [3.8, 4) is 33.4 Å². The molecule has 0 radical (unpaired) electrons. The van der Waals surface area contributed by atoms with E-state index in [1.165, 1.54) is 87.4 Å². The molecule has 2 aliphatic carbocycles. The molecule has 0 heterocycles. The largest absolute Gasteiger partial charge is 0.310 e. The maximum absolute atomic E-state index is 2.51. The SMILES string of the molecule is CC1(C)c2ccccc2-c2ccc(N(c3ccc(C4CCCCC4)cc3)c3cc(-c4ccc5ccccc5c4-c4ccccc4)cc(N(c4ccccc4)c4ccccc4)c3)cc21. The number of benzene rings is 9. The predicted molar refractivity (Wildman–Crippen MR) is 268 cm³/mol. The first-order valence-electron chi connectivity index (χ1n) is 22.8. The van der Waals surface area contributed by atoms with Gasteiger partial charge in [-0.05, 0) is 146 Å². The van der Waals surface area contributed by atoms with E-state index in [1.54, 1.807) is 0 Å². The second-order valence-electron chi connectivity index (χ2n) is 18.0. The van der Waals surface area contributed by atoms with Crippen molar-refractivity contribution in [1.29, 1.82) is 0 Å². The minimum absolute atomic E-state index is 0.140. The van der Waals surface area contributed by atoms with E-state index in [9.17, 15) is 0 Å². The van der Waals surface area contributed by atoms with Crippen LogP contribution in [0.1, 0.15) is 68.6 Å². The molecular weight excluding hydrogens is 761 g/mol. The number of fused-ring (bicyclic) bond motifs is 4. The topological polar surface area (TPSA) is 6.48 Å². The highest BCUT2D eigenvalue weighted by molar-refractivity contribution is 6.05. The van der Waals surface area contributed by atoms with E-state index in [4.69, 9.17) is 0 Å². The average Bonchev–Trinajstić information content (AvgIpc) is 3.58. The summed E-state index contributed by atoms with van der Waals surface area (Å²) in [6.07, 6.45) is 6.55. The van der Waals surface area contributed by atoms with Gasteiger partial charge >= 0.3 is 0 Å². The molecular formula is C61H52N2. The van der Waals surface area contributed by atoms with Crippen LogP contribution in [0.3, 0.4) is 0 Å². The van der Waals surface area contributed by atoms with Crippen LogP contribution in [0.2, 0.25) is 0 Å². The summed E-state index contributed by atoms with van der Waals surface area (Å²) in [5, 5.41) is 2.47. The third-order valence-electron chi connectivity index (χ3n) is 13.8. The van der Waals surface area contributed by atoms with Gasteiger partial charge in [-0.15, -0.1) is 0 Å². The van der Waals surface area contributed by atoms with Gasteiger partial charge in [0.05, 0.1) is 0 Å². The molecule has 0 aliphatic heterocycles. The van der Waals surface area contributed by atoms with Crippen LogP contribution in [0.25, 0.3) is 44.2 Å². The van der Waals surface area contributed by atoms with Crippen LogP contribution in [0.5, 0.6) is 0 Å². The highest BCUT2D eigenvalue weighted by Gasteiger charge is 2.36. The van der Waals surface area contributed by atoms with Crippen molar-refractivity contribution in [3.05, 3.63) is 229 Å². The van der Waals surface area contributed by atoms with Crippen LogP contribution >= 0.6 is 0 Å². The molecule has 0 saturated heterocycles. The van der Waals surface area contributed by atoms with E-state index >= 15 is 0 Å². The van der Waals surface area contributed by atoms with Crippen molar-refractivity contribution < 1.29 is 0 Å². The summed E-state index contributed by atoms with van der Waals surface area (Å²) in [4.78, 5) is 4.91. The molecule has 9 aromatic carbocycles. The number of anilines is 6. The summed E-state index contributed by atoms with van der Waals surface area (Å²) >= 11 is 0. The second-order valence-corrected chi connectivity index (χ2v) is 18.0. The van der Waals surface area contributed by atoms with Crippen molar-refractivity contribution in [3.63, 3.8) is 0 Å². The Hall–Kier alpha value is -7.16. The summed E-state index contributed by atoms with van der Waals surface area (Å²) in [7, 11) is 0. The van der Waals surface area contributed by atoms with Gasteiger partial charge in [0, 0.05) is 39.5 Å². The second kappa shape index (κ2) is 16.3. The molecule has 0 unspecified atom stereocenters. The lowest BCUT2D eigenvalue weighted by Gasteiger charge is -2.32. The summed E-state index contributed by atoms with van der Waals surface area (Å²) < 4.78 is 0. The number of hydrogen-bond donors (Lipinski definition) is 0. The third-order valence-corrected chi connectivity index (χ3v) is 13.8. The Bertz CT molecular complexity index is 3010. The molecule has 2 aliphatic rings. The van der Waals surface area contributed by atoms with Crippen LogP contribution in [0.4, 0.5) is 34.1 Å². The monoisotopic (exact) mass is 812 g/mol. The lowest BCUT2D eigenvalue weighted by atomic mass is 9.82. The zero-order valence-electron chi connectivity index (χ0n) is 36.2. The molecule has 0 spiro atoms. The number of rotatable bonds is 9. The standard InChI is InChI=1S/C61H52N2/c1-61(2)58-30-18-17-29-56(58)57-38-36-51(42-59(57)61)63(50-34-31-44(32-35-50)43-19-7-3-8-20-43)53-40-47(39-52(41-53)62(48-24-11-5-12-25-48)49-26-13-6-14-27-49)55-37-33-45-21-15-16-28-54(45)60(55)46-22-9-4-10-23-46/h4-6,9-18,21-43H,3,7-8,19-20H2,1-2H3. The summed E-state index contributed by atoms with van der Waals surface area (Å²) in [6, 6.07) is 78.9. The maximum Gasteiger partial charge on any atom is 0.0488 e. The Kier molecular flexibility index (Phi) is 10.0. The van der Waals surface area contributed by atoms with E-state index in [0.717, 1.165) is 39.7 Å². The van der Waals surface area contributed by atoms with Crippen molar-refractivity contribution in [2.75, 3.05) is 9.80 Å². The average molecular weight is 813 g/mol. The van der Waals surface area contributed by atoms with Crippen molar-refractivity contribution >= 4 is 44.9 Å². The normalized spacial score (nSPS) is 14.3. The summed E-state index contributed by atoms with van der Waals surface area (Å²) in [5.74, 6) is 0.630. The minimum atomic E-state index is -0.140. The maximum atomic E-state index is 2.51. The number of nitrogens with zero attached hydrogens (tertiary/aromatic N) is 2. The Morgan fingerprint density at radius 2 is 0.921 bits per heavy atom. The van der Waals surface area contributed by atoms with Gasteiger partial charge in [0.15, 0.2) is 0 Å². The van der Waals surface area contributed by atoms with Gasteiger partial charge in [0.25, 0.3) is 0 Å². The van der Waals surface area contributed by atoms with E-state index in [1.807, 2.05) is 0 Å². The first kappa shape index (κ1) is 38.7. The zero-order valence-corrected chi connectivity index (χ0v) is 36.2. The van der Waals surface area contributed by atoms with Crippen LogP contribution in [0, 0.1) is 0 Å². The van der Waals surface area contributed by atoms with Crippen molar-refractivity contribution in [1.82, 2.24) is 0 Å². The molecule has 306 valence electrons. The Labute approximate surface area is 372 Å². The highest BCUT2D eigenvalue weighted by Crippen LogP contribution is 2.52. The summed E-state index contributed by atoms with van der Waals surface area (Å²) in [6.45, 7) is 4.76. The van der Waals surface area contributed by atoms with Gasteiger partial charge in [0.1, 0.15) is 0 Å². The first-order valence-corrected chi connectivity index (χ1v) is 22.8. The highest BCUT2D eigenvalue weighted by atomic mass is 15.2. The molecule has 1 saturated carbocycles. The summed E-state index contributed by atoms with van der Waals surface area (Å²) in [5.41, 5.74) is 18.2. The Morgan fingerprint density at radius 1 is 0.381 bits per heavy atom. The van der Waals surface area contributed by atoms with Gasteiger partial charge in [-0.2, -0.15) is 0 Å². The van der Waals surface area contributed by atoms with Crippen LogP contribution in [0.15, 0.2) is 212 Å². The fourth-order valence-electron chi connectivity index (χ4n) is 10.6. The van der Waals surface area contributed by atoms with Gasteiger partial charge in [-0.25, -0.2) is 0 Å². The fourth-order valence-corrected chi connectivity index (χ4v) is 10.6. The molecule has 0 aromatic heterocycles. The van der Waals surface area contributed by atoms with Crippen LogP contribution in [-0.2, 0) is 5.41 Å². The molecule has 11 rings (SSSR count). The Balaban J connectivity index is 1.18. The zero-order chi connectivity index (χ0) is 42.3. The van der Waals surface area contributed by atoms with Gasteiger partial charge < -0.3 is 9.80 Å². The molecule has 63 heavy (non-hydrogen) atoms. The van der Waals surface area contributed by atoms with Crippen LogP contribution in [-0.4, -0.2) is 0 Å². The molecule has 0 N–H and O–H groups in total. The molecule has 2 nitrogen and oxygen atoms in total. The lowest BCUT2D eigenvalue weighted by molar-refractivity contribution is 0.443. The molecule has 2 heteroatoms. The smallest absolute Gasteiger partial charge is 0.0488 e. The van der Waals surface area contributed by atoms with E-state index in [2.05, 4.69) is 236 Å². The van der Waals surface area contributed by atoms with Crippen molar-refractivity contribution in [2.45, 2.75) is 57.3 Å². The fraction of sp³-hybridized carbons (Fsp3) is 0.148. The van der Waals surface area contributed by atoms with Gasteiger partial charge in [-0.1, -0.05) is 179 Å². The van der Waals surface area contributed by atoms with E-state index < -0.39 is 0 Å². The quantitative estimate of drug-likeness (QED) is 0.143. The number of hydrogen-bond acceptors (Lipinski definition) is 2. The van der Waals surface area contributed by atoms with Crippen LogP contribution < -0.4 is 9.80 Å². The van der Waals surface area contributed by atoms with E-state index in [0.29, 0.717) is 5.92 Å². The Morgan fingerprint density at radius 3 is 1.62 bits per heavy atom. The van der Waals surface area contributed by atoms with Gasteiger partial charge in [-0.3, -0.25) is 0 Å². The molecule has 0 amide bonds. The number of para-hydroxylation sites is 2. The molecule has 9 aromatic rings. The first-order chi connectivity index (χ1) is 31.0. The van der Waals surface area contributed by atoms with Crippen molar-refractivity contribution in [2.24, 2.45) is 0 Å². The molecule has 1 fully saturated rings. The third kappa shape index (κ3) is 7.10. The predicted octanol–water partition coefficient (Wildman–Crippen LogP) is 17.5. The molecule has 0 atom stereocenters. The molecule has 0 bridgehead atoms. The minimum Gasteiger partial charge on any atom is -0.310 e. The lowest BCUT2D eigenvalue weighted by Crippen LogP contribution is -2.17. The van der Waals surface area contributed by atoms with E-state index in [-0.39, 0.29) is 5.41 Å².